The molecule has 0 radical (unpaired) electrons. The van der Waals surface area contributed by atoms with Gasteiger partial charge in [-0.15, -0.1) is 0 Å². The number of methoxy groups -OCH3 is 2. The van der Waals surface area contributed by atoms with Crippen LogP contribution in [0, 0.1) is 5.41 Å². The zero-order chi connectivity index (χ0) is 21.1. The van der Waals surface area contributed by atoms with E-state index in [1.807, 2.05) is 13.8 Å². The summed E-state index contributed by atoms with van der Waals surface area (Å²) in [6.45, 7) is 6.87. The largest absolute Gasteiger partial charge is 0.465 e. The van der Waals surface area contributed by atoms with Gasteiger partial charge in [-0.1, -0.05) is 77.6 Å². The van der Waals surface area contributed by atoms with Crippen molar-refractivity contribution in [2.75, 3.05) is 20.8 Å². The Labute approximate surface area is 175 Å². The SMILES string of the molecule is CCCCCCCCOC(=O)C(C)(C)CCCCCCCCCC(OC)OC. The number of unbranched alkanes of at least 4 members (excludes halogenated alkanes) is 11. The molecule has 0 aromatic heterocycles. The van der Waals surface area contributed by atoms with Crippen molar-refractivity contribution in [1.29, 1.82) is 0 Å². The maximum atomic E-state index is 12.3. The first-order chi connectivity index (χ1) is 13.5. The van der Waals surface area contributed by atoms with Gasteiger partial charge in [-0.3, -0.25) is 4.79 Å². The van der Waals surface area contributed by atoms with E-state index in [2.05, 4.69) is 6.92 Å². The zero-order valence-electron chi connectivity index (χ0n) is 19.5. The zero-order valence-corrected chi connectivity index (χ0v) is 19.5. The number of ether oxygens (including phenoxy) is 3. The lowest BCUT2D eigenvalue weighted by Gasteiger charge is -2.22. The first-order valence-electron chi connectivity index (χ1n) is 11.7. The quantitative estimate of drug-likeness (QED) is 0.125. The van der Waals surface area contributed by atoms with E-state index in [1.165, 1.54) is 64.2 Å². The van der Waals surface area contributed by atoms with E-state index in [-0.39, 0.29) is 17.7 Å². The third-order valence-electron chi connectivity index (χ3n) is 5.55. The summed E-state index contributed by atoms with van der Waals surface area (Å²) < 4.78 is 15.9. The fourth-order valence-electron chi connectivity index (χ4n) is 3.44. The van der Waals surface area contributed by atoms with Crippen LogP contribution in [0.1, 0.15) is 117 Å². The standard InChI is InChI=1S/C24H48O4/c1-6-7-8-9-15-18-21-28-23(25)24(2,3)20-17-14-12-10-11-13-16-19-22(26-4)27-5/h22H,6-21H2,1-5H3. The molecule has 0 aromatic rings. The lowest BCUT2D eigenvalue weighted by Crippen LogP contribution is -2.27. The van der Waals surface area contributed by atoms with Gasteiger partial charge < -0.3 is 14.2 Å². The van der Waals surface area contributed by atoms with Crippen LogP contribution in [0.2, 0.25) is 0 Å². The van der Waals surface area contributed by atoms with Crippen LogP contribution in [0.4, 0.5) is 0 Å². The molecule has 0 spiro atoms. The minimum Gasteiger partial charge on any atom is -0.465 e. The van der Waals surface area contributed by atoms with Gasteiger partial charge in [0.05, 0.1) is 12.0 Å². The van der Waals surface area contributed by atoms with Gasteiger partial charge in [0.2, 0.25) is 0 Å². The number of esters is 1. The first kappa shape index (κ1) is 27.4. The van der Waals surface area contributed by atoms with E-state index >= 15 is 0 Å². The summed E-state index contributed by atoms with van der Waals surface area (Å²) in [6.07, 6.45) is 17.7. The maximum absolute atomic E-state index is 12.3. The molecule has 168 valence electrons. The summed E-state index contributed by atoms with van der Waals surface area (Å²) in [5.41, 5.74) is -0.350. The second-order valence-corrected chi connectivity index (χ2v) is 8.70. The van der Waals surface area contributed by atoms with E-state index in [0.29, 0.717) is 6.61 Å². The molecule has 0 bridgehead atoms. The van der Waals surface area contributed by atoms with E-state index in [1.54, 1.807) is 14.2 Å². The molecule has 0 amide bonds. The molecule has 0 saturated heterocycles. The predicted octanol–water partition coefficient (Wildman–Crippen LogP) is 7.05. The lowest BCUT2D eigenvalue weighted by molar-refractivity contribution is -0.154. The molecule has 0 rings (SSSR count). The average molecular weight is 401 g/mol. The molecule has 0 unspecified atom stereocenters. The smallest absolute Gasteiger partial charge is 0.311 e. The van der Waals surface area contributed by atoms with Crippen LogP contribution in [-0.4, -0.2) is 33.1 Å². The molecular weight excluding hydrogens is 352 g/mol. The Morgan fingerprint density at radius 1 is 0.750 bits per heavy atom. The molecule has 0 aromatic carbocycles. The molecule has 4 nitrogen and oxygen atoms in total. The highest BCUT2D eigenvalue weighted by atomic mass is 16.7. The van der Waals surface area contributed by atoms with E-state index < -0.39 is 0 Å². The third-order valence-corrected chi connectivity index (χ3v) is 5.55. The molecule has 28 heavy (non-hydrogen) atoms. The normalized spacial score (nSPS) is 11.9. The Bertz CT molecular complexity index is 351. The van der Waals surface area contributed by atoms with Crippen molar-refractivity contribution in [3.8, 4) is 0 Å². The molecule has 4 heteroatoms. The Hall–Kier alpha value is -0.610. The molecule has 0 saturated carbocycles. The van der Waals surface area contributed by atoms with Gasteiger partial charge in [-0.05, 0) is 39.5 Å². The van der Waals surface area contributed by atoms with E-state index in [0.717, 1.165) is 32.1 Å². The van der Waals surface area contributed by atoms with E-state index in [9.17, 15) is 4.79 Å². The second kappa shape index (κ2) is 18.4. The highest BCUT2D eigenvalue weighted by molar-refractivity contribution is 5.75. The molecule has 0 fully saturated rings. The van der Waals surface area contributed by atoms with Gasteiger partial charge in [0.25, 0.3) is 0 Å². The van der Waals surface area contributed by atoms with Crippen LogP contribution in [0.3, 0.4) is 0 Å². The summed E-state index contributed by atoms with van der Waals surface area (Å²) in [4.78, 5) is 12.3. The molecular formula is C24H48O4. The number of carbonyl (C=O) groups excluding carboxylic acids is 1. The number of hydrogen-bond acceptors (Lipinski definition) is 4. The second-order valence-electron chi connectivity index (χ2n) is 8.70. The fourth-order valence-corrected chi connectivity index (χ4v) is 3.44. The van der Waals surface area contributed by atoms with E-state index in [4.69, 9.17) is 14.2 Å². The number of carbonyl (C=O) groups is 1. The molecule has 0 atom stereocenters. The summed E-state index contributed by atoms with van der Waals surface area (Å²) in [5.74, 6) is -0.0214. The van der Waals surface area contributed by atoms with Crippen molar-refractivity contribution in [2.45, 2.75) is 123 Å². The third kappa shape index (κ3) is 15.3. The fraction of sp³-hybridized carbons (Fsp3) is 0.958. The minimum atomic E-state index is -0.350. The molecule has 0 aliphatic heterocycles. The Kier molecular flexibility index (Phi) is 18.0. The highest BCUT2D eigenvalue weighted by Crippen LogP contribution is 2.26. The average Bonchev–Trinajstić information content (AvgIpc) is 2.68. The van der Waals surface area contributed by atoms with Gasteiger partial charge in [0, 0.05) is 14.2 Å². The Balaban J connectivity index is 3.58. The summed E-state index contributed by atoms with van der Waals surface area (Å²) in [5, 5.41) is 0. The summed E-state index contributed by atoms with van der Waals surface area (Å²) in [7, 11) is 3.39. The highest BCUT2D eigenvalue weighted by Gasteiger charge is 2.28. The lowest BCUT2D eigenvalue weighted by atomic mass is 9.87. The van der Waals surface area contributed by atoms with Gasteiger partial charge in [-0.25, -0.2) is 0 Å². The molecule has 0 N–H and O–H groups in total. The van der Waals surface area contributed by atoms with Crippen LogP contribution in [-0.2, 0) is 19.0 Å². The van der Waals surface area contributed by atoms with Crippen molar-refractivity contribution in [3.63, 3.8) is 0 Å². The van der Waals surface area contributed by atoms with Gasteiger partial charge in [0.1, 0.15) is 0 Å². The van der Waals surface area contributed by atoms with Gasteiger partial charge >= 0.3 is 5.97 Å². The van der Waals surface area contributed by atoms with Crippen LogP contribution >= 0.6 is 0 Å². The molecule has 0 heterocycles. The minimum absolute atomic E-state index is 0.0214. The van der Waals surface area contributed by atoms with Crippen LogP contribution < -0.4 is 0 Å². The molecule has 0 aliphatic carbocycles. The van der Waals surface area contributed by atoms with Crippen molar-refractivity contribution in [2.24, 2.45) is 5.41 Å². The first-order valence-corrected chi connectivity index (χ1v) is 11.7. The topological polar surface area (TPSA) is 44.8 Å². The van der Waals surface area contributed by atoms with Gasteiger partial charge in [0.15, 0.2) is 6.29 Å². The van der Waals surface area contributed by atoms with Crippen molar-refractivity contribution < 1.29 is 19.0 Å². The van der Waals surface area contributed by atoms with Crippen LogP contribution in [0.15, 0.2) is 0 Å². The molecule has 0 aliphatic rings. The summed E-state index contributed by atoms with van der Waals surface area (Å²) >= 11 is 0. The Morgan fingerprint density at radius 2 is 1.25 bits per heavy atom. The van der Waals surface area contributed by atoms with Crippen molar-refractivity contribution >= 4 is 5.97 Å². The van der Waals surface area contributed by atoms with Gasteiger partial charge in [-0.2, -0.15) is 0 Å². The van der Waals surface area contributed by atoms with Crippen LogP contribution in [0.25, 0.3) is 0 Å². The summed E-state index contributed by atoms with van der Waals surface area (Å²) in [6, 6.07) is 0. The Morgan fingerprint density at radius 3 is 1.82 bits per heavy atom. The number of hydrogen-bond donors (Lipinski definition) is 0. The van der Waals surface area contributed by atoms with Crippen molar-refractivity contribution in [1.82, 2.24) is 0 Å². The number of rotatable bonds is 20. The van der Waals surface area contributed by atoms with Crippen LogP contribution in [0.5, 0.6) is 0 Å². The predicted molar refractivity (Wildman–Crippen MR) is 117 cm³/mol. The monoisotopic (exact) mass is 400 g/mol. The van der Waals surface area contributed by atoms with Crippen molar-refractivity contribution in [3.05, 3.63) is 0 Å². The maximum Gasteiger partial charge on any atom is 0.311 e.